The fourth-order valence-corrected chi connectivity index (χ4v) is 5.43. The Morgan fingerprint density at radius 3 is 2.66 bits per heavy atom. The van der Waals surface area contributed by atoms with Gasteiger partial charge in [0.05, 0.1) is 5.75 Å². The lowest BCUT2D eigenvalue weighted by Crippen LogP contribution is -2.70. The molecule has 1 aromatic rings. The molecule has 0 aromatic heterocycles. The number of anilines is 1. The Morgan fingerprint density at radius 2 is 2.03 bits per heavy atom. The smallest absolute Gasteiger partial charge is 0.352 e. The van der Waals surface area contributed by atoms with Gasteiger partial charge in [0, 0.05) is 31.0 Å². The molecule has 1 fully saturated rings. The minimum atomic E-state index is -1.28. The van der Waals surface area contributed by atoms with Crippen molar-refractivity contribution in [2.45, 2.75) is 18.3 Å². The molecule has 3 rings (SSSR count). The molecular formula is C20H21N3O6S3. The van der Waals surface area contributed by atoms with E-state index in [2.05, 4.69) is 5.32 Å². The molecule has 0 saturated carbocycles. The largest absolute Gasteiger partial charge is 0.477 e. The monoisotopic (exact) mass is 495 g/mol. The van der Waals surface area contributed by atoms with Crippen LogP contribution in [0.4, 0.5) is 5.69 Å². The maximum absolute atomic E-state index is 12.6. The highest BCUT2D eigenvalue weighted by atomic mass is 32.2. The molecule has 9 nitrogen and oxygen atoms in total. The number of carboxylic acid groups (broad SMARTS) is 1. The van der Waals surface area contributed by atoms with Gasteiger partial charge in [-0.25, -0.2) is 4.79 Å². The molecule has 2 unspecified atom stereocenters. The molecule has 0 aliphatic carbocycles. The topological polar surface area (TPSA) is 116 Å². The summed E-state index contributed by atoms with van der Waals surface area (Å²) < 4.78 is 5.41. The Labute approximate surface area is 198 Å². The van der Waals surface area contributed by atoms with Crippen LogP contribution in [0.5, 0.6) is 0 Å². The quantitative estimate of drug-likeness (QED) is 0.327. The number of nitrogens with one attached hydrogen (secondary N) is 1. The van der Waals surface area contributed by atoms with Crippen molar-refractivity contribution in [1.29, 1.82) is 0 Å². The van der Waals surface area contributed by atoms with Crippen LogP contribution in [0.1, 0.15) is 6.92 Å². The molecule has 2 amide bonds. The number of β-lactam (4-membered cyclic amide) rings is 1. The van der Waals surface area contributed by atoms with Gasteiger partial charge in [-0.2, -0.15) is 0 Å². The number of para-hydroxylation sites is 1. The number of nitrogens with zero attached hydrogens (tertiary/aromatic N) is 2. The predicted octanol–water partition coefficient (Wildman–Crippen LogP) is 1.44. The number of thioether (sulfide) groups is 2. The molecule has 1 aromatic carbocycles. The minimum absolute atomic E-state index is 0.0243. The summed E-state index contributed by atoms with van der Waals surface area (Å²) in [6, 6.07) is 8.65. The number of carbonyl (C=O) groups excluding carboxylic acids is 3. The van der Waals surface area contributed by atoms with Gasteiger partial charge in [-0.1, -0.05) is 42.2 Å². The molecule has 0 spiro atoms. The van der Waals surface area contributed by atoms with Gasteiger partial charge in [0.25, 0.3) is 5.91 Å². The van der Waals surface area contributed by atoms with Gasteiger partial charge in [-0.15, -0.1) is 11.8 Å². The highest BCUT2D eigenvalue weighted by Gasteiger charge is 2.54. The number of esters is 1. The highest BCUT2D eigenvalue weighted by molar-refractivity contribution is 8.23. The van der Waals surface area contributed by atoms with Crippen LogP contribution >= 0.6 is 35.7 Å². The van der Waals surface area contributed by atoms with Crippen LogP contribution in [0, 0.1) is 0 Å². The number of carboxylic acids is 1. The lowest BCUT2D eigenvalue weighted by Gasteiger charge is -2.49. The van der Waals surface area contributed by atoms with Crippen molar-refractivity contribution in [3.05, 3.63) is 41.6 Å². The Bertz CT molecular complexity index is 984. The zero-order valence-corrected chi connectivity index (χ0v) is 19.7. The maximum atomic E-state index is 12.6. The molecule has 0 radical (unpaired) electrons. The van der Waals surface area contributed by atoms with Crippen LogP contribution < -0.4 is 10.2 Å². The van der Waals surface area contributed by atoms with Gasteiger partial charge >= 0.3 is 11.9 Å². The first-order valence-electron chi connectivity index (χ1n) is 9.49. The Kier molecular flexibility index (Phi) is 7.80. The normalized spacial score (nSPS) is 19.6. The Morgan fingerprint density at radius 1 is 1.34 bits per heavy atom. The third-order valence-electron chi connectivity index (χ3n) is 4.76. The zero-order chi connectivity index (χ0) is 23.4. The molecule has 32 heavy (non-hydrogen) atoms. The molecule has 2 aliphatic rings. The van der Waals surface area contributed by atoms with Gasteiger partial charge < -0.3 is 20.1 Å². The molecule has 2 atom stereocenters. The van der Waals surface area contributed by atoms with E-state index >= 15 is 0 Å². The van der Waals surface area contributed by atoms with Gasteiger partial charge in [-0.3, -0.25) is 19.3 Å². The second-order valence-electron chi connectivity index (χ2n) is 6.94. The van der Waals surface area contributed by atoms with Crippen molar-refractivity contribution >= 4 is 69.5 Å². The fourth-order valence-electron chi connectivity index (χ4n) is 3.18. The van der Waals surface area contributed by atoms with Gasteiger partial charge in [0.1, 0.15) is 28.0 Å². The van der Waals surface area contributed by atoms with E-state index in [1.54, 1.807) is 4.90 Å². The van der Waals surface area contributed by atoms with E-state index in [1.807, 2.05) is 37.4 Å². The van der Waals surface area contributed by atoms with Gasteiger partial charge in [0.15, 0.2) is 0 Å². The lowest BCUT2D eigenvalue weighted by atomic mass is 10.0. The molecule has 1 saturated heterocycles. The summed E-state index contributed by atoms with van der Waals surface area (Å²) in [5.74, 6) is -2.40. The van der Waals surface area contributed by atoms with E-state index in [0.717, 1.165) is 10.6 Å². The summed E-state index contributed by atoms with van der Waals surface area (Å²) in [7, 11) is 1.81. The highest BCUT2D eigenvalue weighted by Crippen LogP contribution is 2.40. The third kappa shape index (κ3) is 5.25. The van der Waals surface area contributed by atoms with Crippen molar-refractivity contribution in [3.63, 3.8) is 0 Å². The zero-order valence-electron chi connectivity index (χ0n) is 17.3. The number of aliphatic carboxylic acids is 1. The fraction of sp³-hybridized carbons (Fsp3) is 0.350. The van der Waals surface area contributed by atoms with E-state index in [1.165, 1.54) is 30.4 Å². The predicted molar refractivity (Wildman–Crippen MR) is 126 cm³/mol. The minimum Gasteiger partial charge on any atom is -0.477 e. The first kappa shape index (κ1) is 24.1. The number of benzene rings is 1. The standard InChI is InChI=1S/C20H21N3O6S3/c1-11(24)29-8-12-9-31-18-15(17(26)23(18)16(12)19(27)28)21-14(25)10-32-20(30)22(2)13-6-4-3-5-7-13/h3-7,15,18H,8-10H2,1-2H3,(H,21,25)(H,27,28). The van der Waals surface area contributed by atoms with E-state index in [4.69, 9.17) is 17.0 Å². The van der Waals surface area contributed by atoms with Crippen molar-refractivity contribution in [1.82, 2.24) is 10.2 Å². The van der Waals surface area contributed by atoms with Crippen molar-refractivity contribution in [2.75, 3.05) is 30.1 Å². The number of carbonyl (C=O) groups is 4. The molecule has 2 heterocycles. The lowest BCUT2D eigenvalue weighted by molar-refractivity contribution is -0.150. The second-order valence-corrected chi connectivity index (χ2v) is 9.66. The summed E-state index contributed by atoms with van der Waals surface area (Å²) >= 11 is 7.85. The number of rotatable bonds is 7. The molecule has 12 heteroatoms. The number of fused-ring (bicyclic) bond motifs is 1. The molecule has 2 N–H and O–H groups in total. The van der Waals surface area contributed by atoms with E-state index < -0.39 is 29.3 Å². The third-order valence-corrected chi connectivity index (χ3v) is 7.65. The van der Waals surface area contributed by atoms with Crippen LogP contribution in [-0.4, -0.2) is 74.7 Å². The Balaban J connectivity index is 1.56. The number of amides is 2. The summed E-state index contributed by atoms with van der Waals surface area (Å²) in [6.07, 6.45) is 0. The van der Waals surface area contributed by atoms with Crippen molar-refractivity contribution < 1.29 is 29.0 Å². The molecular weight excluding hydrogens is 474 g/mol. The van der Waals surface area contributed by atoms with Crippen molar-refractivity contribution in [3.8, 4) is 0 Å². The SMILES string of the molecule is CC(=O)OCC1=C(C(=O)O)N2C(=O)C(NC(=O)CSC(=S)N(C)c3ccccc3)C2SC1. The average Bonchev–Trinajstić information content (AvgIpc) is 2.78. The van der Waals surface area contributed by atoms with Crippen LogP contribution in [0.25, 0.3) is 0 Å². The maximum Gasteiger partial charge on any atom is 0.352 e. The van der Waals surface area contributed by atoms with Crippen LogP contribution in [-0.2, 0) is 23.9 Å². The van der Waals surface area contributed by atoms with Crippen LogP contribution in [0.3, 0.4) is 0 Å². The molecule has 2 aliphatic heterocycles. The number of hydrogen-bond donors (Lipinski definition) is 2. The number of hydrogen-bond acceptors (Lipinski definition) is 8. The summed E-state index contributed by atoms with van der Waals surface area (Å²) in [5.41, 5.74) is 1.05. The number of thiocarbonyl (C=S) groups is 1. The Hall–Kier alpha value is -2.57. The first-order valence-corrected chi connectivity index (χ1v) is 11.9. The summed E-state index contributed by atoms with van der Waals surface area (Å²) in [4.78, 5) is 50.7. The molecule has 0 bridgehead atoms. The van der Waals surface area contributed by atoms with Crippen LogP contribution in [0.15, 0.2) is 41.6 Å². The first-order chi connectivity index (χ1) is 15.2. The van der Waals surface area contributed by atoms with E-state index in [9.17, 15) is 24.3 Å². The van der Waals surface area contributed by atoms with Crippen LogP contribution in [0.2, 0.25) is 0 Å². The van der Waals surface area contributed by atoms with E-state index in [-0.39, 0.29) is 29.7 Å². The average molecular weight is 496 g/mol. The van der Waals surface area contributed by atoms with Gasteiger partial charge in [-0.05, 0) is 12.1 Å². The second kappa shape index (κ2) is 10.4. The summed E-state index contributed by atoms with van der Waals surface area (Å²) in [5, 5.41) is 11.7. The van der Waals surface area contributed by atoms with Gasteiger partial charge in [0.2, 0.25) is 5.91 Å². The van der Waals surface area contributed by atoms with Crippen molar-refractivity contribution in [2.24, 2.45) is 0 Å². The number of ether oxygens (including phenoxy) is 1. The van der Waals surface area contributed by atoms with E-state index in [0.29, 0.717) is 9.89 Å². The molecule has 170 valence electrons. The summed E-state index contributed by atoms with van der Waals surface area (Å²) in [6.45, 7) is 1.03.